The van der Waals surface area contributed by atoms with Crippen molar-refractivity contribution in [2.75, 3.05) is 28.6 Å². The zero-order valence-electron chi connectivity index (χ0n) is 21.3. The van der Waals surface area contributed by atoms with Crippen LogP contribution in [0.25, 0.3) is 11.3 Å². The van der Waals surface area contributed by atoms with Crippen LogP contribution in [0.2, 0.25) is 0 Å². The molecular formula is C28H33N7O3. The number of nitrogens with zero attached hydrogens (tertiary/aromatic N) is 6. The van der Waals surface area contributed by atoms with Gasteiger partial charge in [0, 0.05) is 43.1 Å². The van der Waals surface area contributed by atoms with Crippen LogP contribution in [-0.2, 0) is 11.2 Å². The van der Waals surface area contributed by atoms with Gasteiger partial charge in [0.1, 0.15) is 5.75 Å². The Bertz CT molecular complexity index is 1300. The Morgan fingerprint density at radius 2 is 1.66 bits per heavy atom. The molecule has 0 radical (unpaired) electrons. The number of para-hydroxylation sites is 1. The lowest BCUT2D eigenvalue weighted by atomic mass is 9.79. The number of hydrogen-bond acceptors (Lipinski definition) is 9. The molecule has 2 aliphatic heterocycles. The summed E-state index contributed by atoms with van der Waals surface area (Å²) in [5.74, 6) is 0.970. The van der Waals surface area contributed by atoms with E-state index in [4.69, 9.17) is 15.7 Å². The van der Waals surface area contributed by atoms with E-state index in [-0.39, 0.29) is 23.8 Å². The largest absolute Gasteiger partial charge is 0.507 e. The van der Waals surface area contributed by atoms with Crippen molar-refractivity contribution in [1.29, 1.82) is 0 Å². The van der Waals surface area contributed by atoms with E-state index in [1.807, 2.05) is 30.6 Å². The second kappa shape index (κ2) is 10.1. The monoisotopic (exact) mass is 515 g/mol. The van der Waals surface area contributed by atoms with Gasteiger partial charge in [0.15, 0.2) is 5.82 Å². The smallest absolute Gasteiger partial charge is 0.306 e. The van der Waals surface area contributed by atoms with Crippen molar-refractivity contribution >= 4 is 23.4 Å². The summed E-state index contributed by atoms with van der Waals surface area (Å²) in [7, 11) is 0. The van der Waals surface area contributed by atoms with Crippen LogP contribution < -0.4 is 15.5 Å². The number of aliphatic carboxylic acids is 1. The molecule has 2 atom stereocenters. The minimum Gasteiger partial charge on any atom is -0.507 e. The minimum absolute atomic E-state index is 0.163. The zero-order valence-corrected chi connectivity index (χ0v) is 21.3. The number of carboxylic acids is 1. The third-order valence-electron chi connectivity index (χ3n) is 8.45. The molecule has 10 nitrogen and oxygen atoms in total. The van der Waals surface area contributed by atoms with Crippen LogP contribution in [0.4, 0.5) is 17.5 Å². The third-order valence-corrected chi connectivity index (χ3v) is 8.45. The summed E-state index contributed by atoms with van der Waals surface area (Å²) < 4.78 is 0. The molecule has 4 heterocycles. The number of carbonyl (C=O) groups is 1. The Hall–Kier alpha value is -3.95. The summed E-state index contributed by atoms with van der Waals surface area (Å²) in [6.45, 7) is 1.56. The molecule has 2 aromatic heterocycles. The number of benzene rings is 1. The quantitative estimate of drug-likeness (QED) is 0.446. The summed E-state index contributed by atoms with van der Waals surface area (Å²) in [5.41, 5.74) is 9.44. The summed E-state index contributed by atoms with van der Waals surface area (Å²) in [4.78, 5) is 25.4. The van der Waals surface area contributed by atoms with E-state index >= 15 is 0 Å². The fourth-order valence-electron chi connectivity index (χ4n) is 6.43. The lowest BCUT2D eigenvalue weighted by Gasteiger charge is -2.42. The highest BCUT2D eigenvalue weighted by molar-refractivity contribution is 5.74. The first kappa shape index (κ1) is 24.4. The average Bonchev–Trinajstić information content (AvgIpc) is 3.19. The highest BCUT2D eigenvalue weighted by atomic mass is 16.4. The van der Waals surface area contributed by atoms with Gasteiger partial charge >= 0.3 is 5.97 Å². The highest BCUT2D eigenvalue weighted by Gasteiger charge is 2.42. The summed E-state index contributed by atoms with van der Waals surface area (Å²) in [6, 6.07) is 9.56. The number of piperazine rings is 1. The van der Waals surface area contributed by atoms with Gasteiger partial charge in [-0.3, -0.25) is 4.79 Å². The number of phenols is 1. The molecule has 0 unspecified atom stereocenters. The van der Waals surface area contributed by atoms with E-state index in [1.54, 1.807) is 12.1 Å². The van der Waals surface area contributed by atoms with Crippen LogP contribution >= 0.6 is 0 Å². The summed E-state index contributed by atoms with van der Waals surface area (Å²) in [5, 5.41) is 27.9. The van der Waals surface area contributed by atoms with Gasteiger partial charge in [-0.05, 0) is 74.6 Å². The number of nitrogens with two attached hydrogens (primary N) is 1. The number of hydrogen-bond donors (Lipinski definition) is 3. The Morgan fingerprint density at radius 3 is 2.32 bits per heavy atom. The van der Waals surface area contributed by atoms with Crippen LogP contribution in [0.5, 0.6) is 5.75 Å². The molecule has 3 aromatic rings. The van der Waals surface area contributed by atoms with Crippen molar-refractivity contribution in [3.63, 3.8) is 0 Å². The fourth-order valence-corrected chi connectivity index (χ4v) is 6.43. The van der Waals surface area contributed by atoms with Gasteiger partial charge in [0.25, 0.3) is 0 Å². The van der Waals surface area contributed by atoms with Gasteiger partial charge in [-0.15, -0.1) is 10.2 Å². The van der Waals surface area contributed by atoms with E-state index in [2.05, 4.69) is 20.0 Å². The maximum absolute atomic E-state index is 11.2. The number of aromatic nitrogens is 4. The van der Waals surface area contributed by atoms with E-state index in [0.29, 0.717) is 23.0 Å². The number of aromatic hydroxyl groups is 1. The van der Waals surface area contributed by atoms with Crippen LogP contribution in [0.3, 0.4) is 0 Å². The topological polar surface area (TPSA) is 142 Å². The standard InChI is InChI=1S/C28H33N7O3/c29-26-24(12-23(32-33-26)22-3-1-2-4-25(22)36)34-15-20-9-10-21(16-34)35(20)28-30-13-18(14-31-28)11-17-5-7-19(8-6-17)27(37)38/h1-4,12-14,17,19-21,36H,5-11,15-16H2,(H2,29,33)(H,37,38)/t17?,19?,20-,21-/m1/s1. The van der Waals surface area contributed by atoms with Crippen molar-refractivity contribution in [2.24, 2.45) is 11.8 Å². The second-order valence-electron chi connectivity index (χ2n) is 10.9. The van der Waals surface area contributed by atoms with E-state index in [0.717, 1.165) is 75.2 Å². The molecule has 2 saturated heterocycles. The van der Waals surface area contributed by atoms with Gasteiger partial charge < -0.3 is 25.7 Å². The maximum atomic E-state index is 11.2. The molecule has 3 aliphatic rings. The van der Waals surface area contributed by atoms with Crippen LogP contribution in [-0.4, -0.2) is 61.5 Å². The van der Waals surface area contributed by atoms with Crippen molar-refractivity contribution in [3.8, 4) is 17.0 Å². The highest BCUT2D eigenvalue weighted by Crippen LogP contribution is 2.38. The molecule has 10 heteroatoms. The first-order chi connectivity index (χ1) is 18.5. The SMILES string of the molecule is Nc1nnc(-c2ccccc2O)cc1N1C[C@H]2CC[C@H](C1)N2c1ncc(CC2CCC(C(=O)O)CC2)cn1. The number of phenolic OH excluding ortho intramolecular Hbond substituents is 1. The zero-order chi connectivity index (χ0) is 26.2. The number of fused-ring (bicyclic) bond motifs is 2. The fraction of sp³-hybridized carbons (Fsp3) is 0.464. The molecule has 0 spiro atoms. The molecule has 1 aromatic carbocycles. The van der Waals surface area contributed by atoms with E-state index in [9.17, 15) is 15.0 Å². The predicted octanol–water partition coefficient (Wildman–Crippen LogP) is 3.51. The molecule has 1 saturated carbocycles. The normalized spacial score (nSPS) is 24.9. The van der Waals surface area contributed by atoms with Crippen molar-refractivity contribution in [2.45, 2.75) is 57.0 Å². The molecule has 2 bridgehead atoms. The molecule has 1 aliphatic carbocycles. The molecular weight excluding hydrogens is 482 g/mol. The van der Waals surface area contributed by atoms with Crippen LogP contribution in [0.15, 0.2) is 42.7 Å². The molecule has 0 amide bonds. The summed E-state index contributed by atoms with van der Waals surface area (Å²) in [6.07, 6.45) is 10.3. The van der Waals surface area contributed by atoms with Gasteiger partial charge in [-0.2, -0.15) is 0 Å². The van der Waals surface area contributed by atoms with Gasteiger partial charge in [0.2, 0.25) is 5.95 Å². The molecule has 198 valence electrons. The minimum atomic E-state index is -0.662. The Kier molecular flexibility index (Phi) is 6.47. The van der Waals surface area contributed by atoms with Gasteiger partial charge in [-0.25, -0.2) is 9.97 Å². The number of anilines is 3. The Morgan fingerprint density at radius 1 is 0.974 bits per heavy atom. The number of carboxylic acid groups (broad SMARTS) is 1. The van der Waals surface area contributed by atoms with Gasteiger partial charge in [-0.1, -0.05) is 12.1 Å². The average molecular weight is 516 g/mol. The van der Waals surface area contributed by atoms with Crippen LogP contribution in [0.1, 0.15) is 44.1 Å². The predicted molar refractivity (Wildman–Crippen MR) is 144 cm³/mol. The molecule has 4 N–H and O–H groups in total. The Balaban J connectivity index is 1.13. The third kappa shape index (κ3) is 4.70. The van der Waals surface area contributed by atoms with E-state index in [1.165, 1.54) is 0 Å². The first-order valence-corrected chi connectivity index (χ1v) is 13.4. The van der Waals surface area contributed by atoms with Crippen molar-refractivity contribution in [1.82, 2.24) is 20.2 Å². The lowest BCUT2D eigenvalue weighted by molar-refractivity contribution is -0.143. The van der Waals surface area contributed by atoms with Crippen molar-refractivity contribution < 1.29 is 15.0 Å². The van der Waals surface area contributed by atoms with Gasteiger partial charge in [0.05, 0.1) is 17.3 Å². The second-order valence-corrected chi connectivity index (χ2v) is 10.9. The Labute approximate surface area is 221 Å². The molecule has 38 heavy (non-hydrogen) atoms. The lowest BCUT2D eigenvalue weighted by Crippen LogP contribution is -2.54. The molecule has 3 fully saturated rings. The van der Waals surface area contributed by atoms with Crippen LogP contribution in [0, 0.1) is 11.8 Å². The number of rotatable bonds is 6. The van der Waals surface area contributed by atoms with E-state index < -0.39 is 5.97 Å². The molecule has 6 rings (SSSR count). The summed E-state index contributed by atoms with van der Waals surface area (Å²) >= 11 is 0. The number of nitrogen functional groups attached to an aromatic ring is 1. The van der Waals surface area contributed by atoms with Crippen molar-refractivity contribution in [3.05, 3.63) is 48.3 Å². The first-order valence-electron chi connectivity index (χ1n) is 13.4. The maximum Gasteiger partial charge on any atom is 0.306 e.